The number of rotatable bonds is 7. The summed E-state index contributed by atoms with van der Waals surface area (Å²) in [5.74, 6) is -1.50. The summed E-state index contributed by atoms with van der Waals surface area (Å²) >= 11 is 0. The second kappa shape index (κ2) is 10.5. The van der Waals surface area contributed by atoms with Gasteiger partial charge in [0, 0.05) is 51.1 Å². The zero-order valence-corrected chi connectivity index (χ0v) is 23.1. The average molecular weight is 578 g/mol. The lowest BCUT2D eigenvalue weighted by molar-refractivity contribution is -0.126. The summed E-state index contributed by atoms with van der Waals surface area (Å²) in [6, 6.07) is 7.67. The topological polar surface area (TPSA) is 141 Å². The number of halogens is 1. The Morgan fingerprint density at radius 3 is 2.56 bits per heavy atom. The van der Waals surface area contributed by atoms with Gasteiger partial charge < -0.3 is 18.9 Å². The predicted molar refractivity (Wildman–Crippen MR) is 148 cm³/mol. The molecule has 4 aromatic heterocycles. The minimum Gasteiger partial charge on any atom is -0.352 e. The Morgan fingerprint density at radius 2 is 1.83 bits per heavy atom. The molecule has 5 aromatic rings. The van der Waals surface area contributed by atoms with Crippen LogP contribution in [0.25, 0.3) is 27.6 Å². The number of benzene rings is 1. The fourth-order valence-corrected chi connectivity index (χ4v) is 5.27. The van der Waals surface area contributed by atoms with Crippen molar-refractivity contribution in [1.82, 2.24) is 39.4 Å². The number of Topliss-reactive ketones (excluding diaryl/α,β-unsaturated/α-hetero) is 1. The first-order valence-corrected chi connectivity index (χ1v) is 15.2. The van der Waals surface area contributed by atoms with Gasteiger partial charge >= 0.3 is 0 Å². The Bertz CT molecular complexity index is 1820. The van der Waals surface area contributed by atoms with Crippen LogP contribution in [0.2, 0.25) is 0 Å². The molecule has 1 fully saturated rings. The van der Waals surface area contributed by atoms with Gasteiger partial charge in [0.05, 0.1) is 40.6 Å². The van der Waals surface area contributed by atoms with Crippen LogP contribution in [0.1, 0.15) is 10.4 Å². The van der Waals surface area contributed by atoms with Crippen LogP contribution in [0.4, 0.5) is 10.2 Å². The predicted octanol–water partition coefficient (Wildman–Crippen LogP) is 2.74. The van der Waals surface area contributed by atoms with E-state index in [1.54, 1.807) is 0 Å². The molecule has 0 spiro atoms. The lowest BCUT2D eigenvalue weighted by Crippen LogP contribution is -2.51. The monoisotopic (exact) mass is 577 g/mol. The van der Waals surface area contributed by atoms with Gasteiger partial charge in [0.1, 0.15) is 18.9 Å². The molecule has 1 aliphatic rings. The second-order valence-corrected chi connectivity index (χ2v) is 12.6. The first kappa shape index (κ1) is 26.7. The summed E-state index contributed by atoms with van der Waals surface area (Å²) in [5.41, 5.74) is 0.817. The van der Waals surface area contributed by atoms with Gasteiger partial charge in [0.2, 0.25) is 0 Å². The third-order valence-corrected chi connectivity index (χ3v) is 7.54. The van der Waals surface area contributed by atoms with Crippen LogP contribution in [0.3, 0.4) is 0 Å². The molecule has 13 nitrogen and oxygen atoms in total. The van der Waals surface area contributed by atoms with E-state index >= 15 is 4.39 Å². The van der Waals surface area contributed by atoms with Gasteiger partial charge in [-0.3, -0.25) is 14.2 Å². The summed E-state index contributed by atoms with van der Waals surface area (Å²) in [4.78, 5) is 43.4. The van der Waals surface area contributed by atoms with Gasteiger partial charge in [-0.05, 0) is 12.1 Å². The molecule has 41 heavy (non-hydrogen) atoms. The van der Waals surface area contributed by atoms with Gasteiger partial charge in [0.25, 0.3) is 11.7 Å². The number of ketones is 1. The summed E-state index contributed by atoms with van der Waals surface area (Å²) in [6.07, 6.45) is 6.73. The number of carbonyl (C=O) groups excluding carboxylic acids is 2. The minimum atomic E-state index is -2.94. The number of fused-ring (bicyclic) bond motifs is 2. The molecule has 6 rings (SSSR count). The molecule has 1 aromatic carbocycles. The van der Waals surface area contributed by atoms with E-state index in [4.69, 9.17) is 4.52 Å². The smallest absolute Gasteiger partial charge is 0.295 e. The van der Waals surface area contributed by atoms with Crippen LogP contribution in [0, 0.1) is 5.82 Å². The molecule has 0 bridgehead atoms. The van der Waals surface area contributed by atoms with Crippen LogP contribution in [0.5, 0.6) is 0 Å². The highest BCUT2D eigenvalue weighted by Gasteiger charge is 2.32. The highest BCUT2D eigenvalue weighted by molar-refractivity contribution is 7.57. The van der Waals surface area contributed by atoms with Crippen molar-refractivity contribution in [2.75, 3.05) is 44.4 Å². The minimum absolute atomic E-state index is 0.111. The molecule has 0 radical (unpaired) electrons. The second-order valence-electron chi connectivity index (χ2n) is 9.85. The molecule has 15 heteroatoms. The Kier molecular flexibility index (Phi) is 6.80. The molecule has 0 aliphatic carbocycles. The van der Waals surface area contributed by atoms with Crippen molar-refractivity contribution in [2.45, 2.75) is 6.73 Å². The zero-order valence-electron chi connectivity index (χ0n) is 22.2. The van der Waals surface area contributed by atoms with E-state index in [1.165, 1.54) is 52.4 Å². The summed E-state index contributed by atoms with van der Waals surface area (Å²) < 4.78 is 35.7. The van der Waals surface area contributed by atoms with Crippen LogP contribution in [-0.4, -0.2) is 90.6 Å². The number of carbonyl (C=O) groups is 2. The first-order valence-electron chi connectivity index (χ1n) is 12.7. The maximum atomic E-state index is 15.3. The fraction of sp³-hybridized carbons (Fsp3) is 0.269. The van der Waals surface area contributed by atoms with Crippen molar-refractivity contribution in [3.8, 4) is 5.82 Å². The number of piperazine rings is 1. The number of amides is 1. The fourth-order valence-electron chi connectivity index (χ4n) is 4.87. The molecular formula is C26H25FN9O4P. The van der Waals surface area contributed by atoms with E-state index in [9.17, 15) is 14.2 Å². The molecular weight excluding hydrogens is 552 g/mol. The Hall–Kier alpha value is -4.55. The molecule has 1 saturated heterocycles. The van der Waals surface area contributed by atoms with Crippen LogP contribution in [0.15, 0.2) is 55.4 Å². The Labute approximate surface area is 233 Å². The van der Waals surface area contributed by atoms with Crippen LogP contribution in [-0.2, 0) is 20.6 Å². The van der Waals surface area contributed by atoms with Crippen molar-refractivity contribution in [3.05, 3.63) is 66.8 Å². The normalized spacial score (nSPS) is 14.2. The number of aromatic nitrogens is 7. The number of para-hydroxylation sites is 1. The van der Waals surface area contributed by atoms with Crippen LogP contribution >= 0.6 is 7.37 Å². The highest BCUT2D eigenvalue weighted by Crippen LogP contribution is 2.39. The van der Waals surface area contributed by atoms with E-state index in [1.807, 2.05) is 29.2 Å². The number of anilines is 1. The largest absolute Gasteiger partial charge is 0.352 e. The van der Waals surface area contributed by atoms with Crippen molar-refractivity contribution in [1.29, 1.82) is 0 Å². The lowest BCUT2D eigenvalue weighted by Gasteiger charge is -2.35. The molecule has 1 amide bonds. The third kappa shape index (κ3) is 5.07. The third-order valence-electron chi connectivity index (χ3n) is 6.80. The standard InChI is InChI=1S/C26H25FN9O4P/c1-41(2,39)40-16-35-14-18(21-19(27)13-28-25(22(21)35)36-8-7-31-32-36)23(37)26(38)34-11-9-33(10-12-34)24-17-5-3-4-6-20(17)29-15-30-24/h3-8,13-15H,9-12,16H2,1-2H3. The highest BCUT2D eigenvalue weighted by atomic mass is 31.2. The lowest BCUT2D eigenvalue weighted by atomic mass is 10.1. The van der Waals surface area contributed by atoms with Gasteiger partial charge in [-0.25, -0.2) is 24.0 Å². The van der Waals surface area contributed by atoms with E-state index in [2.05, 4.69) is 25.3 Å². The summed E-state index contributed by atoms with van der Waals surface area (Å²) in [5, 5.41) is 8.49. The van der Waals surface area contributed by atoms with Crippen molar-refractivity contribution in [2.24, 2.45) is 0 Å². The molecule has 0 atom stereocenters. The summed E-state index contributed by atoms with van der Waals surface area (Å²) in [6.45, 7) is 4.06. The van der Waals surface area contributed by atoms with E-state index < -0.39 is 24.9 Å². The van der Waals surface area contributed by atoms with Crippen LogP contribution < -0.4 is 4.90 Å². The van der Waals surface area contributed by atoms with Gasteiger partial charge in [0.15, 0.2) is 19.0 Å². The quantitative estimate of drug-likeness (QED) is 0.161. The molecule has 1 aliphatic heterocycles. The van der Waals surface area contributed by atoms with E-state index in [0.29, 0.717) is 13.1 Å². The van der Waals surface area contributed by atoms with E-state index in [0.717, 1.165) is 22.9 Å². The molecule has 210 valence electrons. The maximum Gasteiger partial charge on any atom is 0.295 e. The molecule has 0 saturated carbocycles. The molecule has 0 unspecified atom stereocenters. The molecule has 5 heterocycles. The maximum absolute atomic E-state index is 15.3. The first-order chi connectivity index (χ1) is 19.7. The number of hydrogen-bond acceptors (Lipinski definition) is 10. The average Bonchev–Trinajstić information content (AvgIpc) is 3.64. The number of hydrogen-bond donors (Lipinski definition) is 0. The zero-order chi connectivity index (χ0) is 28.7. The van der Waals surface area contributed by atoms with Gasteiger partial charge in [-0.15, -0.1) is 5.10 Å². The van der Waals surface area contributed by atoms with E-state index in [-0.39, 0.29) is 42.1 Å². The van der Waals surface area contributed by atoms with Gasteiger partial charge in [-0.2, -0.15) is 0 Å². The summed E-state index contributed by atoms with van der Waals surface area (Å²) in [7, 11) is -2.94. The number of nitrogens with zero attached hydrogens (tertiary/aromatic N) is 9. The van der Waals surface area contributed by atoms with Crippen molar-refractivity contribution in [3.63, 3.8) is 0 Å². The SMILES string of the molecule is CP(C)(=O)OCn1cc(C(=O)C(=O)N2CCN(c3ncnc4ccccc34)CC2)c2c(F)cnc(-n3ccnn3)c21. The van der Waals surface area contributed by atoms with Crippen molar-refractivity contribution < 1.29 is 23.1 Å². The van der Waals surface area contributed by atoms with Crippen molar-refractivity contribution >= 4 is 46.7 Å². The Balaban J connectivity index is 1.30. The molecule has 0 N–H and O–H groups in total. The number of pyridine rings is 1. The van der Waals surface area contributed by atoms with Gasteiger partial charge in [-0.1, -0.05) is 17.3 Å². The Morgan fingerprint density at radius 1 is 1.05 bits per heavy atom.